The molecule has 0 spiro atoms. The molecule has 0 saturated heterocycles. The van der Waals surface area contributed by atoms with E-state index >= 15 is 0 Å². The van der Waals surface area contributed by atoms with Gasteiger partial charge in [0, 0.05) is 19.3 Å². The molecule has 1 N–H and O–H groups in total. The second kappa shape index (κ2) is 5.73. The van der Waals surface area contributed by atoms with Crippen molar-refractivity contribution < 1.29 is 5.11 Å². The molecule has 3 nitrogen and oxygen atoms in total. The molecule has 0 aliphatic carbocycles. The maximum atomic E-state index is 9.77. The third-order valence-electron chi connectivity index (χ3n) is 4.03. The van der Waals surface area contributed by atoms with E-state index in [4.69, 9.17) is 0 Å². The van der Waals surface area contributed by atoms with Crippen LogP contribution in [-0.4, -0.2) is 28.1 Å². The fourth-order valence-electron chi connectivity index (χ4n) is 2.91. The van der Waals surface area contributed by atoms with Crippen LogP contribution in [0, 0.1) is 6.92 Å². The highest BCUT2D eigenvalue weighted by Crippen LogP contribution is 2.30. The van der Waals surface area contributed by atoms with Crippen molar-refractivity contribution in [2.24, 2.45) is 0 Å². The van der Waals surface area contributed by atoms with Crippen molar-refractivity contribution in [3.63, 3.8) is 0 Å². The number of aromatic nitrogens is 1. The van der Waals surface area contributed by atoms with E-state index in [1.807, 2.05) is 13.1 Å². The van der Waals surface area contributed by atoms with Crippen LogP contribution < -0.4 is 0 Å². The molecule has 1 aromatic heterocycles. The second-order valence-corrected chi connectivity index (χ2v) is 5.44. The van der Waals surface area contributed by atoms with E-state index in [2.05, 4.69) is 46.3 Å². The normalized spacial score (nSPS) is 18.8. The van der Waals surface area contributed by atoms with Crippen LogP contribution in [0.5, 0.6) is 0 Å². The predicted molar refractivity (Wildman–Crippen MR) is 79.4 cm³/mol. The number of aryl methyl sites for hydroxylation is 1. The van der Waals surface area contributed by atoms with Crippen molar-refractivity contribution in [1.29, 1.82) is 0 Å². The van der Waals surface area contributed by atoms with Crippen LogP contribution in [0.1, 0.15) is 28.4 Å². The van der Waals surface area contributed by atoms with Crippen molar-refractivity contribution in [2.75, 3.05) is 13.2 Å². The van der Waals surface area contributed by atoms with Gasteiger partial charge in [-0.05, 0) is 36.1 Å². The van der Waals surface area contributed by atoms with Gasteiger partial charge in [-0.2, -0.15) is 0 Å². The highest BCUT2D eigenvalue weighted by Gasteiger charge is 2.26. The Balaban J connectivity index is 1.82. The van der Waals surface area contributed by atoms with Crippen LogP contribution in [0.25, 0.3) is 0 Å². The van der Waals surface area contributed by atoms with Crippen LogP contribution in [0.4, 0.5) is 0 Å². The highest BCUT2D eigenvalue weighted by atomic mass is 16.3. The van der Waals surface area contributed by atoms with E-state index in [9.17, 15) is 5.11 Å². The lowest BCUT2D eigenvalue weighted by atomic mass is 9.93. The molecule has 1 aliphatic rings. The summed E-state index contributed by atoms with van der Waals surface area (Å²) in [7, 11) is 0. The Morgan fingerprint density at radius 2 is 2.10 bits per heavy atom. The molecule has 1 aliphatic heterocycles. The van der Waals surface area contributed by atoms with E-state index in [0.29, 0.717) is 0 Å². The van der Waals surface area contributed by atoms with Gasteiger partial charge in [-0.25, -0.2) is 0 Å². The monoisotopic (exact) mass is 268 g/mol. The van der Waals surface area contributed by atoms with Gasteiger partial charge in [-0.1, -0.05) is 30.3 Å². The third kappa shape index (κ3) is 2.60. The van der Waals surface area contributed by atoms with Crippen LogP contribution in [0.2, 0.25) is 0 Å². The van der Waals surface area contributed by atoms with Gasteiger partial charge in [-0.15, -0.1) is 0 Å². The lowest BCUT2D eigenvalue weighted by molar-refractivity contribution is 0.107. The number of pyridine rings is 1. The molecule has 2 aromatic rings. The fourth-order valence-corrected chi connectivity index (χ4v) is 2.91. The van der Waals surface area contributed by atoms with Crippen molar-refractivity contribution in [3.05, 3.63) is 65.0 Å². The molecule has 0 amide bonds. The molecule has 0 bridgehead atoms. The van der Waals surface area contributed by atoms with E-state index in [1.54, 1.807) is 0 Å². The number of hydrogen-bond acceptors (Lipinski definition) is 3. The second-order valence-electron chi connectivity index (χ2n) is 5.44. The Morgan fingerprint density at radius 1 is 1.25 bits per heavy atom. The molecule has 0 fully saturated rings. The van der Waals surface area contributed by atoms with Crippen molar-refractivity contribution in [3.8, 4) is 0 Å². The molecule has 1 aromatic carbocycles. The first-order valence-corrected chi connectivity index (χ1v) is 7.12. The minimum Gasteiger partial charge on any atom is -0.394 e. The minimum absolute atomic E-state index is 0.0862. The Morgan fingerprint density at radius 3 is 2.85 bits per heavy atom. The van der Waals surface area contributed by atoms with E-state index < -0.39 is 0 Å². The van der Waals surface area contributed by atoms with E-state index in [1.165, 1.54) is 16.7 Å². The number of rotatable bonds is 3. The topological polar surface area (TPSA) is 36.4 Å². The Kier molecular flexibility index (Phi) is 3.81. The fraction of sp³-hybridized carbons (Fsp3) is 0.353. The zero-order chi connectivity index (χ0) is 13.9. The molecular weight excluding hydrogens is 248 g/mol. The third-order valence-corrected chi connectivity index (χ3v) is 4.03. The molecular formula is C17H20N2O. The van der Waals surface area contributed by atoms with Gasteiger partial charge in [0.1, 0.15) is 0 Å². The number of fused-ring (bicyclic) bond motifs is 1. The smallest absolute Gasteiger partial charge is 0.0628 e. The standard InChI is InChI=1S/C17H20N2O/c1-13-6-7-15(18-10-13)11-19-9-8-14-4-2-3-5-16(14)17(19)12-20/h2-7,10,17,20H,8-9,11-12H2,1H3. The molecule has 0 saturated carbocycles. The van der Waals surface area contributed by atoms with E-state index in [0.717, 1.165) is 25.2 Å². The van der Waals surface area contributed by atoms with Crippen LogP contribution in [0.3, 0.4) is 0 Å². The van der Waals surface area contributed by atoms with Crippen molar-refractivity contribution in [2.45, 2.75) is 25.9 Å². The molecule has 1 unspecified atom stereocenters. The van der Waals surface area contributed by atoms with Crippen molar-refractivity contribution in [1.82, 2.24) is 9.88 Å². The summed E-state index contributed by atoms with van der Waals surface area (Å²) in [4.78, 5) is 6.79. The Bertz CT molecular complexity index is 580. The zero-order valence-corrected chi connectivity index (χ0v) is 11.8. The van der Waals surface area contributed by atoms with Gasteiger partial charge in [-0.3, -0.25) is 9.88 Å². The SMILES string of the molecule is Cc1ccc(CN2CCc3ccccc3C2CO)nc1. The average Bonchev–Trinajstić information content (AvgIpc) is 2.49. The van der Waals surface area contributed by atoms with Crippen molar-refractivity contribution >= 4 is 0 Å². The Hall–Kier alpha value is -1.71. The lowest BCUT2D eigenvalue weighted by Gasteiger charge is -2.36. The Labute approximate surface area is 119 Å². The number of benzene rings is 1. The first-order valence-electron chi connectivity index (χ1n) is 7.12. The summed E-state index contributed by atoms with van der Waals surface area (Å²) in [6.07, 6.45) is 2.94. The van der Waals surface area contributed by atoms with Gasteiger partial charge in [0.05, 0.1) is 18.3 Å². The first kappa shape index (κ1) is 13.3. The molecule has 3 rings (SSSR count). The molecule has 0 radical (unpaired) electrons. The van der Waals surface area contributed by atoms with Crippen LogP contribution in [-0.2, 0) is 13.0 Å². The van der Waals surface area contributed by atoms with Gasteiger partial charge >= 0.3 is 0 Å². The number of aliphatic hydroxyl groups excluding tert-OH is 1. The summed E-state index contributed by atoms with van der Waals surface area (Å²) in [6.45, 7) is 3.96. The van der Waals surface area contributed by atoms with Gasteiger partial charge in [0.15, 0.2) is 0 Å². The lowest BCUT2D eigenvalue weighted by Crippen LogP contribution is -2.37. The predicted octanol–water partition coefficient (Wildman–Crippen LogP) is 2.48. The van der Waals surface area contributed by atoms with Gasteiger partial charge < -0.3 is 5.11 Å². The maximum absolute atomic E-state index is 9.77. The summed E-state index contributed by atoms with van der Waals surface area (Å²) < 4.78 is 0. The summed E-state index contributed by atoms with van der Waals surface area (Å²) in [5, 5.41) is 9.77. The average molecular weight is 268 g/mol. The summed E-state index contributed by atoms with van der Waals surface area (Å²) in [6, 6.07) is 12.7. The van der Waals surface area contributed by atoms with E-state index in [-0.39, 0.29) is 12.6 Å². The zero-order valence-electron chi connectivity index (χ0n) is 11.8. The van der Waals surface area contributed by atoms with Gasteiger partial charge in [0.25, 0.3) is 0 Å². The van der Waals surface area contributed by atoms with Crippen LogP contribution >= 0.6 is 0 Å². The summed E-state index contributed by atoms with van der Waals surface area (Å²) in [5.74, 6) is 0. The highest BCUT2D eigenvalue weighted by molar-refractivity contribution is 5.32. The molecule has 104 valence electrons. The maximum Gasteiger partial charge on any atom is 0.0628 e. The molecule has 3 heteroatoms. The molecule has 20 heavy (non-hydrogen) atoms. The summed E-state index contributed by atoms with van der Waals surface area (Å²) >= 11 is 0. The quantitative estimate of drug-likeness (QED) is 0.929. The summed E-state index contributed by atoms with van der Waals surface area (Å²) in [5.41, 5.74) is 4.86. The van der Waals surface area contributed by atoms with Crippen LogP contribution in [0.15, 0.2) is 42.6 Å². The molecule has 1 atom stereocenters. The number of aliphatic hydroxyl groups is 1. The van der Waals surface area contributed by atoms with Gasteiger partial charge in [0.2, 0.25) is 0 Å². The first-order chi connectivity index (χ1) is 9.78. The number of nitrogens with zero attached hydrogens (tertiary/aromatic N) is 2. The largest absolute Gasteiger partial charge is 0.394 e. The number of hydrogen-bond donors (Lipinski definition) is 1. The minimum atomic E-state index is 0.0862. The molecule has 2 heterocycles.